The van der Waals surface area contributed by atoms with Gasteiger partial charge in [-0.1, -0.05) is 23.7 Å². The Morgan fingerprint density at radius 1 is 1.47 bits per heavy atom. The molecule has 0 bridgehead atoms. The van der Waals surface area contributed by atoms with Crippen LogP contribution in [0.15, 0.2) is 24.3 Å². The predicted molar refractivity (Wildman–Crippen MR) is 70.9 cm³/mol. The van der Waals surface area contributed by atoms with Crippen molar-refractivity contribution in [3.05, 3.63) is 34.9 Å². The molecule has 1 aliphatic heterocycles. The Morgan fingerprint density at radius 3 is 2.58 bits per heavy atom. The molecule has 0 aromatic heterocycles. The molecule has 1 aliphatic rings. The minimum atomic E-state index is -1.02. The van der Waals surface area contributed by atoms with Crippen LogP contribution in [0, 0.1) is 0 Å². The third kappa shape index (κ3) is 3.24. The lowest BCUT2D eigenvalue weighted by Gasteiger charge is -2.24. The number of amides is 1. The van der Waals surface area contributed by atoms with E-state index in [4.69, 9.17) is 17.3 Å². The molecule has 2 unspecified atom stereocenters. The number of nitrogens with zero attached hydrogens (tertiary/aromatic N) is 1. The molecule has 1 fully saturated rings. The highest BCUT2D eigenvalue weighted by Gasteiger charge is 2.36. The molecule has 1 saturated heterocycles. The van der Waals surface area contributed by atoms with Gasteiger partial charge in [0.1, 0.15) is 6.04 Å². The van der Waals surface area contributed by atoms with E-state index in [0.717, 1.165) is 5.56 Å². The van der Waals surface area contributed by atoms with Gasteiger partial charge in [-0.3, -0.25) is 4.79 Å². The number of carbonyl (C=O) groups excluding carboxylic acids is 1. The SMILES string of the molecule is NC1CC(=O)N(C(Cc2ccc(Cl)cc2)C(=O)O)C1. The third-order valence-electron chi connectivity index (χ3n) is 3.19. The summed E-state index contributed by atoms with van der Waals surface area (Å²) in [6.45, 7) is 0.295. The van der Waals surface area contributed by atoms with Crippen molar-refractivity contribution >= 4 is 23.5 Å². The second-order valence-corrected chi connectivity index (χ2v) is 5.13. The van der Waals surface area contributed by atoms with Crippen molar-refractivity contribution in [2.45, 2.75) is 24.9 Å². The van der Waals surface area contributed by atoms with Gasteiger partial charge in [-0.05, 0) is 17.7 Å². The Morgan fingerprint density at radius 2 is 2.11 bits per heavy atom. The van der Waals surface area contributed by atoms with Crippen LogP contribution >= 0.6 is 11.6 Å². The Labute approximate surface area is 116 Å². The van der Waals surface area contributed by atoms with Gasteiger partial charge < -0.3 is 15.7 Å². The summed E-state index contributed by atoms with van der Waals surface area (Å²) in [6.07, 6.45) is 0.468. The van der Waals surface area contributed by atoms with E-state index in [2.05, 4.69) is 0 Å². The lowest BCUT2D eigenvalue weighted by molar-refractivity contribution is -0.148. The third-order valence-corrected chi connectivity index (χ3v) is 3.44. The van der Waals surface area contributed by atoms with E-state index >= 15 is 0 Å². The van der Waals surface area contributed by atoms with Crippen molar-refractivity contribution in [2.75, 3.05) is 6.54 Å². The standard InChI is InChI=1S/C13H15ClN2O3/c14-9-3-1-8(2-4-9)5-11(13(18)19)16-7-10(15)6-12(16)17/h1-4,10-11H,5-7,15H2,(H,18,19). The maximum Gasteiger partial charge on any atom is 0.326 e. The molecule has 1 heterocycles. The van der Waals surface area contributed by atoms with Crippen LogP contribution in [0.5, 0.6) is 0 Å². The van der Waals surface area contributed by atoms with Gasteiger partial charge in [-0.15, -0.1) is 0 Å². The zero-order chi connectivity index (χ0) is 14.0. The first-order chi connectivity index (χ1) is 8.97. The zero-order valence-corrected chi connectivity index (χ0v) is 11.0. The molecule has 0 aliphatic carbocycles. The Bertz CT molecular complexity index is 489. The highest BCUT2D eigenvalue weighted by molar-refractivity contribution is 6.30. The summed E-state index contributed by atoms with van der Waals surface area (Å²) in [5, 5.41) is 9.89. The van der Waals surface area contributed by atoms with Crippen molar-refractivity contribution in [1.82, 2.24) is 4.90 Å². The largest absolute Gasteiger partial charge is 0.480 e. The number of halogens is 1. The van der Waals surface area contributed by atoms with Crippen LogP contribution < -0.4 is 5.73 Å². The van der Waals surface area contributed by atoms with Crippen LogP contribution in [-0.2, 0) is 16.0 Å². The van der Waals surface area contributed by atoms with Crippen molar-refractivity contribution in [3.63, 3.8) is 0 Å². The summed E-state index contributed by atoms with van der Waals surface area (Å²) in [4.78, 5) is 24.4. The number of benzene rings is 1. The second-order valence-electron chi connectivity index (χ2n) is 4.69. The Balaban J connectivity index is 2.15. The number of aliphatic carboxylic acids is 1. The fourth-order valence-corrected chi connectivity index (χ4v) is 2.36. The molecule has 0 radical (unpaired) electrons. The lowest BCUT2D eigenvalue weighted by atomic mass is 10.0. The van der Waals surface area contributed by atoms with Crippen LogP contribution in [0.25, 0.3) is 0 Å². The normalized spacial score (nSPS) is 20.6. The number of likely N-dealkylation sites (tertiary alicyclic amines) is 1. The van der Waals surface area contributed by atoms with E-state index in [1.807, 2.05) is 0 Å². The van der Waals surface area contributed by atoms with E-state index in [1.54, 1.807) is 24.3 Å². The van der Waals surface area contributed by atoms with E-state index < -0.39 is 12.0 Å². The number of nitrogens with two attached hydrogens (primary N) is 1. The maximum atomic E-state index is 11.7. The van der Waals surface area contributed by atoms with Crippen LogP contribution in [0.3, 0.4) is 0 Å². The second kappa shape index (κ2) is 5.59. The number of carboxylic acids is 1. The summed E-state index contributed by atoms with van der Waals surface area (Å²) < 4.78 is 0. The smallest absolute Gasteiger partial charge is 0.326 e. The van der Waals surface area contributed by atoms with Gasteiger partial charge >= 0.3 is 5.97 Å². The molecule has 0 spiro atoms. The monoisotopic (exact) mass is 282 g/mol. The molecule has 19 heavy (non-hydrogen) atoms. The van der Waals surface area contributed by atoms with Gasteiger partial charge in [0.15, 0.2) is 0 Å². The average Bonchev–Trinajstić information content (AvgIpc) is 2.67. The first-order valence-electron chi connectivity index (χ1n) is 5.99. The average molecular weight is 283 g/mol. The van der Waals surface area contributed by atoms with Crippen LogP contribution in [0.2, 0.25) is 5.02 Å². The van der Waals surface area contributed by atoms with Crippen molar-refractivity contribution in [3.8, 4) is 0 Å². The summed E-state index contributed by atoms with van der Waals surface area (Å²) in [5.41, 5.74) is 6.52. The molecule has 5 nitrogen and oxygen atoms in total. The molecule has 2 atom stereocenters. The van der Waals surface area contributed by atoms with Crippen molar-refractivity contribution in [2.24, 2.45) is 5.73 Å². The quantitative estimate of drug-likeness (QED) is 0.859. The number of hydrogen-bond acceptors (Lipinski definition) is 3. The van der Waals surface area contributed by atoms with Crippen LogP contribution in [0.4, 0.5) is 0 Å². The number of carbonyl (C=O) groups is 2. The molecule has 3 N–H and O–H groups in total. The fraction of sp³-hybridized carbons (Fsp3) is 0.385. The van der Waals surface area contributed by atoms with E-state index in [1.165, 1.54) is 4.90 Å². The number of carboxylic acid groups (broad SMARTS) is 1. The van der Waals surface area contributed by atoms with Gasteiger partial charge in [0.05, 0.1) is 0 Å². The van der Waals surface area contributed by atoms with Crippen molar-refractivity contribution < 1.29 is 14.7 Å². The molecule has 6 heteroatoms. The van der Waals surface area contributed by atoms with E-state index in [0.29, 0.717) is 11.6 Å². The van der Waals surface area contributed by atoms with Crippen LogP contribution in [-0.4, -0.2) is 40.5 Å². The van der Waals surface area contributed by atoms with Gasteiger partial charge in [0, 0.05) is 30.5 Å². The highest BCUT2D eigenvalue weighted by atomic mass is 35.5. The minimum absolute atomic E-state index is 0.200. The Hall–Kier alpha value is -1.59. The highest BCUT2D eigenvalue weighted by Crippen LogP contribution is 2.18. The zero-order valence-electron chi connectivity index (χ0n) is 10.3. The number of rotatable bonds is 4. The van der Waals surface area contributed by atoms with Gasteiger partial charge in [0.25, 0.3) is 0 Å². The summed E-state index contributed by atoms with van der Waals surface area (Å²) in [6, 6.07) is 5.78. The Kier molecular flexibility index (Phi) is 4.07. The van der Waals surface area contributed by atoms with Gasteiger partial charge in [-0.2, -0.15) is 0 Å². The fourth-order valence-electron chi connectivity index (χ4n) is 2.24. The van der Waals surface area contributed by atoms with Crippen molar-refractivity contribution in [1.29, 1.82) is 0 Å². The molecule has 1 aromatic rings. The van der Waals surface area contributed by atoms with Gasteiger partial charge in [0.2, 0.25) is 5.91 Å². The summed E-state index contributed by atoms with van der Waals surface area (Å²) in [5.74, 6) is -1.22. The lowest BCUT2D eigenvalue weighted by Crippen LogP contribution is -2.44. The maximum absolute atomic E-state index is 11.7. The molecule has 1 aromatic carbocycles. The number of hydrogen-bond donors (Lipinski definition) is 2. The first-order valence-corrected chi connectivity index (χ1v) is 6.37. The predicted octanol–water partition coefficient (Wildman–Crippen LogP) is 0.895. The molecular weight excluding hydrogens is 268 g/mol. The van der Waals surface area contributed by atoms with E-state index in [9.17, 15) is 14.7 Å². The summed E-state index contributed by atoms with van der Waals surface area (Å²) >= 11 is 5.78. The van der Waals surface area contributed by atoms with Crippen LogP contribution in [0.1, 0.15) is 12.0 Å². The van der Waals surface area contributed by atoms with E-state index in [-0.39, 0.29) is 24.8 Å². The molecular formula is C13H15ClN2O3. The molecule has 102 valence electrons. The summed E-state index contributed by atoms with van der Waals surface area (Å²) in [7, 11) is 0. The first kappa shape index (κ1) is 13.8. The molecule has 0 saturated carbocycles. The molecule has 2 rings (SSSR count). The minimum Gasteiger partial charge on any atom is -0.480 e. The topological polar surface area (TPSA) is 83.6 Å². The van der Waals surface area contributed by atoms with Gasteiger partial charge in [-0.25, -0.2) is 4.79 Å². The molecule has 1 amide bonds.